The zero-order valence-electron chi connectivity index (χ0n) is 19.4. The number of amides is 1. The largest absolute Gasteiger partial charge is 0.466 e. The van der Waals surface area contributed by atoms with Gasteiger partial charge in [-0.3, -0.25) is 9.59 Å². The van der Waals surface area contributed by atoms with E-state index in [9.17, 15) is 14.4 Å². The molecule has 2 aromatic heterocycles. The summed E-state index contributed by atoms with van der Waals surface area (Å²) in [5.74, 6) is 0.0961. The molecule has 1 aromatic carbocycles. The van der Waals surface area contributed by atoms with Gasteiger partial charge in [0.25, 0.3) is 0 Å². The molecule has 2 fully saturated rings. The molecule has 0 spiro atoms. The first-order chi connectivity index (χ1) is 16.5. The van der Waals surface area contributed by atoms with Crippen LogP contribution in [0.4, 0.5) is 5.82 Å². The van der Waals surface area contributed by atoms with E-state index in [1.54, 1.807) is 0 Å². The first-order valence-corrected chi connectivity index (χ1v) is 12.1. The lowest BCUT2D eigenvalue weighted by Crippen LogP contribution is -2.38. The molecule has 10 heteroatoms. The maximum atomic E-state index is 13.3. The molecule has 10 nitrogen and oxygen atoms in total. The fourth-order valence-corrected chi connectivity index (χ4v) is 5.06. The van der Waals surface area contributed by atoms with Crippen LogP contribution in [0.25, 0.3) is 16.7 Å². The number of carbonyl (C=O) groups excluding carboxylic acids is 2. The van der Waals surface area contributed by atoms with Gasteiger partial charge in [0.2, 0.25) is 11.6 Å². The lowest BCUT2D eigenvalue weighted by Gasteiger charge is -2.31. The van der Waals surface area contributed by atoms with Crippen molar-refractivity contribution in [2.75, 3.05) is 24.6 Å². The van der Waals surface area contributed by atoms with Crippen molar-refractivity contribution in [2.45, 2.75) is 58.0 Å². The summed E-state index contributed by atoms with van der Waals surface area (Å²) in [7, 11) is 0. The van der Waals surface area contributed by atoms with E-state index in [0.717, 1.165) is 25.7 Å². The highest BCUT2D eigenvalue weighted by Crippen LogP contribution is 2.27. The van der Waals surface area contributed by atoms with Crippen LogP contribution in [0.3, 0.4) is 0 Å². The molecular weight excluding hydrogens is 436 g/mol. The Kier molecular flexibility index (Phi) is 6.21. The minimum atomic E-state index is -0.363. The summed E-state index contributed by atoms with van der Waals surface area (Å²) < 4.78 is 7.95. The number of fused-ring (bicyclic) bond motifs is 3. The first kappa shape index (κ1) is 22.4. The van der Waals surface area contributed by atoms with Crippen molar-refractivity contribution in [1.82, 2.24) is 24.5 Å². The second-order valence-electron chi connectivity index (χ2n) is 9.09. The Hall–Kier alpha value is -3.43. The Morgan fingerprint density at radius 3 is 2.59 bits per heavy atom. The van der Waals surface area contributed by atoms with Gasteiger partial charge in [-0.25, -0.2) is 18.9 Å². The summed E-state index contributed by atoms with van der Waals surface area (Å²) in [4.78, 5) is 45.0. The van der Waals surface area contributed by atoms with E-state index in [0.29, 0.717) is 55.0 Å². The van der Waals surface area contributed by atoms with Crippen LogP contribution in [0.1, 0.15) is 45.4 Å². The molecule has 1 amide bonds. The number of nitrogens with one attached hydrogen (secondary N) is 1. The number of piperidine rings is 1. The summed E-state index contributed by atoms with van der Waals surface area (Å²) in [6.45, 7) is 3.27. The number of anilines is 1. The van der Waals surface area contributed by atoms with E-state index >= 15 is 0 Å². The molecule has 3 aromatic rings. The SMILES string of the molecule is CCOC(=O)C1CCN(c2nc3ccccc3n3c(=O)n(CC(=O)NC4CCCC4)nc23)CC1. The summed E-state index contributed by atoms with van der Waals surface area (Å²) in [6.07, 6.45) is 5.49. The molecule has 0 unspecified atom stereocenters. The average molecular weight is 467 g/mol. The number of ether oxygens (including phenoxy) is 1. The van der Waals surface area contributed by atoms with E-state index in [2.05, 4.69) is 15.3 Å². The number of esters is 1. The van der Waals surface area contributed by atoms with E-state index in [-0.39, 0.29) is 36.1 Å². The van der Waals surface area contributed by atoms with Gasteiger partial charge in [0.1, 0.15) is 6.54 Å². The Morgan fingerprint density at radius 2 is 1.85 bits per heavy atom. The van der Waals surface area contributed by atoms with Gasteiger partial charge >= 0.3 is 11.7 Å². The topological polar surface area (TPSA) is 111 Å². The molecule has 1 saturated heterocycles. The maximum Gasteiger partial charge on any atom is 0.351 e. The lowest BCUT2D eigenvalue weighted by atomic mass is 9.97. The van der Waals surface area contributed by atoms with Gasteiger partial charge in [-0.2, -0.15) is 0 Å². The van der Waals surface area contributed by atoms with Crippen LogP contribution in [-0.4, -0.2) is 56.8 Å². The number of carbonyl (C=O) groups is 2. The molecule has 180 valence electrons. The molecule has 0 atom stereocenters. The van der Waals surface area contributed by atoms with Crippen LogP contribution in [0.5, 0.6) is 0 Å². The summed E-state index contributed by atoms with van der Waals surface area (Å²) >= 11 is 0. The minimum absolute atomic E-state index is 0.129. The third kappa shape index (κ3) is 4.24. The predicted molar refractivity (Wildman–Crippen MR) is 127 cm³/mol. The molecule has 0 bridgehead atoms. The molecule has 1 aliphatic heterocycles. The van der Waals surface area contributed by atoms with Crippen molar-refractivity contribution in [2.24, 2.45) is 5.92 Å². The highest BCUT2D eigenvalue weighted by atomic mass is 16.5. The fourth-order valence-electron chi connectivity index (χ4n) is 5.06. The van der Waals surface area contributed by atoms with Crippen molar-refractivity contribution in [1.29, 1.82) is 0 Å². The summed E-state index contributed by atoms with van der Waals surface area (Å²) in [5.41, 5.74) is 1.38. The second kappa shape index (κ2) is 9.44. The quantitative estimate of drug-likeness (QED) is 0.552. The van der Waals surface area contributed by atoms with E-state index in [4.69, 9.17) is 9.72 Å². The third-order valence-corrected chi connectivity index (χ3v) is 6.82. The number of aromatic nitrogens is 4. The molecule has 1 saturated carbocycles. The van der Waals surface area contributed by atoms with Crippen molar-refractivity contribution in [3.05, 3.63) is 34.7 Å². The highest BCUT2D eigenvalue weighted by Gasteiger charge is 2.29. The highest BCUT2D eigenvalue weighted by molar-refractivity contribution is 5.83. The first-order valence-electron chi connectivity index (χ1n) is 12.1. The zero-order valence-corrected chi connectivity index (χ0v) is 19.4. The third-order valence-electron chi connectivity index (χ3n) is 6.82. The molecule has 3 heterocycles. The maximum absolute atomic E-state index is 13.3. The number of benzene rings is 1. The molecule has 1 aliphatic carbocycles. The smallest absolute Gasteiger partial charge is 0.351 e. The second-order valence-corrected chi connectivity index (χ2v) is 9.09. The average Bonchev–Trinajstić information content (AvgIpc) is 3.47. The standard InChI is InChI=1S/C24H30N6O4/c1-2-34-23(32)16-11-13-28(14-12-16)21-22-27-29(15-20(31)25-17-7-3-4-8-17)24(33)30(22)19-10-6-5-9-18(19)26-21/h5-6,9-10,16-17H,2-4,7-8,11-15H2,1H3,(H,25,31). The van der Waals surface area contributed by atoms with Crippen LogP contribution >= 0.6 is 0 Å². The number of para-hydroxylation sites is 2. The number of nitrogens with zero attached hydrogens (tertiary/aromatic N) is 5. The molecule has 5 rings (SSSR count). The van der Waals surface area contributed by atoms with Crippen molar-refractivity contribution >= 4 is 34.4 Å². The van der Waals surface area contributed by atoms with Crippen LogP contribution in [0, 0.1) is 5.92 Å². The van der Waals surface area contributed by atoms with Gasteiger partial charge in [0, 0.05) is 19.1 Å². The predicted octanol–water partition coefficient (Wildman–Crippen LogP) is 1.88. The number of hydrogen-bond acceptors (Lipinski definition) is 7. The van der Waals surface area contributed by atoms with E-state index in [1.165, 1.54) is 9.08 Å². The number of hydrogen-bond donors (Lipinski definition) is 1. The Morgan fingerprint density at radius 1 is 1.12 bits per heavy atom. The normalized spacial score (nSPS) is 17.5. The van der Waals surface area contributed by atoms with Crippen molar-refractivity contribution < 1.29 is 14.3 Å². The molecule has 2 aliphatic rings. The van der Waals surface area contributed by atoms with Crippen LogP contribution < -0.4 is 15.9 Å². The van der Waals surface area contributed by atoms with Gasteiger partial charge in [-0.15, -0.1) is 5.10 Å². The van der Waals surface area contributed by atoms with Crippen LogP contribution in [0.2, 0.25) is 0 Å². The lowest BCUT2D eigenvalue weighted by molar-refractivity contribution is -0.148. The van der Waals surface area contributed by atoms with Crippen LogP contribution in [0.15, 0.2) is 29.1 Å². The molecule has 34 heavy (non-hydrogen) atoms. The van der Waals surface area contributed by atoms with Crippen molar-refractivity contribution in [3.63, 3.8) is 0 Å². The van der Waals surface area contributed by atoms with Gasteiger partial charge in [-0.1, -0.05) is 25.0 Å². The number of rotatable bonds is 6. The van der Waals surface area contributed by atoms with Gasteiger partial charge < -0.3 is 15.0 Å². The molecule has 1 N–H and O–H groups in total. The summed E-state index contributed by atoms with van der Waals surface area (Å²) in [5, 5.41) is 7.57. The summed E-state index contributed by atoms with van der Waals surface area (Å²) in [6, 6.07) is 7.60. The fraction of sp³-hybridized carbons (Fsp3) is 0.542. The molecule has 0 radical (unpaired) electrons. The Labute approximate surface area is 196 Å². The molecular formula is C24H30N6O4. The van der Waals surface area contributed by atoms with Gasteiger partial charge in [0.15, 0.2) is 5.82 Å². The minimum Gasteiger partial charge on any atom is -0.466 e. The Balaban J connectivity index is 1.47. The van der Waals surface area contributed by atoms with E-state index in [1.807, 2.05) is 31.2 Å². The van der Waals surface area contributed by atoms with Crippen LogP contribution in [-0.2, 0) is 20.9 Å². The Bertz CT molecular complexity index is 1270. The van der Waals surface area contributed by atoms with Crippen molar-refractivity contribution in [3.8, 4) is 0 Å². The monoisotopic (exact) mass is 466 g/mol. The van der Waals surface area contributed by atoms with E-state index < -0.39 is 0 Å². The zero-order chi connectivity index (χ0) is 23.7. The van der Waals surface area contributed by atoms with Gasteiger partial charge in [-0.05, 0) is 44.7 Å². The van der Waals surface area contributed by atoms with Gasteiger partial charge in [0.05, 0.1) is 23.6 Å².